The maximum absolute atomic E-state index is 5.71. The molecule has 1 aliphatic heterocycles. The van der Waals surface area contributed by atoms with Crippen LogP contribution in [-0.2, 0) is 4.84 Å². The zero-order valence-corrected chi connectivity index (χ0v) is 11.1. The van der Waals surface area contributed by atoms with Crippen molar-refractivity contribution in [3.63, 3.8) is 0 Å². The number of ether oxygens (including phenoxy) is 1. The van der Waals surface area contributed by atoms with Gasteiger partial charge in [-0.1, -0.05) is 5.16 Å². The van der Waals surface area contributed by atoms with Crippen molar-refractivity contribution in [1.29, 1.82) is 0 Å². The van der Waals surface area contributed by atoms with Crippen molar-refractivity contribution < 1.29 is 9.57 Å². The number of nitrogens with zero attached hydrogens (tertiary/aromatic N) is 1. The Labute approximate surface area is 107 Å². The van der Waals surface area contributed by atoms with Crippen LogP contribution in [0.25, 0.3) is 0 Å². The third kappa shape index (κ3) is 2.33. The third-order valence-corrected chi connectivity index (χ3v) is 3.35. The highest BCUT2D eigenvalue weighted by molar-refractivity contribution is 9.10. The summed E-state index contributed by atoms with van der Waals surface area (Å²) >= 11 is 9.15. The Morgan fingerprint density at radius 3 is 3.00 bits per heavy atom. The molecule has 1 atom stereocenters. The summed E-state index contributed by atoms with van der Waals surface area (Å²) in [4.78, 5) is 5.18. The molecule has 1 aromatic carbocycles. The topological polar surface area (TPSA) is 30.8 Å². The van der Waals surface area contributed by atoms with Crippen LogP contribution in [0.5, 0.6) is 5.75 Å². The molecule has 0 aliphatic carbocycles. The van der Waals surface area contributed by atoms with E-state index in [0.29, 0.717) is 5.88 Å². The van der Waals surface area contributed by atoms with E-state index in [1.165, 1.54) is 0 Å². The van der Waals surface area contributed by atoms with Crippen molar-refractivity contribution in [1.82, 2.24) is 0 Å². The minimum absolute atomic E-state index is 0.00227. The van der Waals surface area contributed by atoms with Gasteiger partial charge in [-0.05, 0) is 34.1 Å². The second-order valence-electron chi connectivity index (χ2n) is 3.47. The lowest BCUT2D eigenvalue weighted by Crippen LogP contribution is -2.09. The molecule has 1 heterocycles. The first kappa shape index (κ1) is 11.7. The fourth-order valence-electron chi connectivity index (χ4n) is 1.53. The molecule has 5 heteroatoms. The lowest BCUT2D eigenvalue weighted by Gasteiger charge is -2.05. The van der Waals surface area contributed by atoms with E-state index in [1.54, 1.807) is 7.11 Å². The Balaban J connectivity index is 2.20. The number of methoxy groups -OCH3 is 1. The van der Waals surface area contributed by atoms with Crippen LogP contribution in [0.2, 0.25) is 0 Å². The highest BCUT2D eigenvalue weighted by atomic mass is 79.9. The summed E-state index contributed by atoms with van der Waals surface area (Å²) in [5.41, 5.74) is 1.95. The van der Waals surface area contributed by atoms with E-state index in [2.05, 4.69) is 21.1 Å². The number of halogens is 2. The van der Waals surface area contributed by atoms with E-state index in [1.807, 2.05) is 18.2 Å². The van der Waals surface area contributed by atoms with Crippen LogP contribution in [-0.4, -0.2) is 24.8 Å². The van der Waals surface area contributed by atoms with Crippen molar-refractivity contribution in [2.45, 2.75) is 12.5 Å². The summed E-state index contributed by atoms with van der Waals surface area (Å²) in [6.07, 6.45) is 0.750. The first-order chi connectivity index (χ1) is 7.74. The zero-order valence-electron chi connectivity index (χ0n) is 8.74. The fraction of sp³-hybridized carbons (Fsp3) is 0.364. The van der Waals surface area contributed by atoms with Gasteiger partial charge in [0.25, 0.3) is 0 Å². The molecule has 0 saturated carbocycles. The molecule has 2 rings (SSSR count). The molecule has 0 saturated heterocycles. The van der Waals surface area contributed by atoms with Crippen molar-refractivity contribution in [3.05, 3.63) is 28.2 Å². The first-order valence-electron chi connectivity index (χ1n) is 4.87. The minimum Gasteiger partial charge on any atom is -0.496 e. The van der Waals surface area contributed by atoms with Crippen LogP contribution in [0.1, 0.15) is 12.0 Å². The van der Waals surface area contributed by atoms with Crippen LogP contribution in [0.3, 0.4) is 0 Å². The van der Waals surface area contributed by atoms with Crippen LogP contribution < -0.4 is 4.74 Å². The van der Waals surface area contributed by atoms with Gasteiger partial charge >= 0.3 is 0 Å². The monoisotopic (exact) mass is 303 g/mol. The molecule has 0 N–H and O–H groups in total. The molecule has 0 amide bonds. The number of alkyl halides is 1. The summed E-state index contributed by atoms with van der Waals surface area (Å²) in [5, 5.41) is 4.03. The van der Waals surface area contributed by atoms with Crippen LogP contribution in [0.4, 0.5) is 0 Å². The number of benzene rings is 1. The predicted octanol–water partition coefficient (Wildman–Crippen LogP) is 3.19. The molecule has 1 aromatic rings. The zero-order chi connectivity index (χ0) is 11.5. The highest BCUT2D eigenvalue weighted by Crippen LogP contribution is 2.27. The lowest BCUT2D eigenvalue weighted by atomic mass is 10.1. The molecule has 1 aliphatic rings. The Morgan fingerprint density at radius 2 is 2.44 bits per heavy atom. The van der Waals surface area contributed by atoms with Crippen LogP contribution >= 0.6 is 27.5 Å². The van der Waals surface area contributed by atoms with Crippen molar-refractivity contribution >= 4 is 33.2 Å². The second-order valence-corrected chi connectivity index (χ2v) is 4.64. The molecular weight excluding hydrogens is 293 g/mol. The van der Waals surface area contributed by atoms with Gasteiger partial charge in [-0.3, -0.25) is 0 Å². The van der Waals surface area contributed by atoms with E-state index in [9.17, 15) is 0 Å². The van der Waals surface area contributed by atoms with E-state index in [-0.39, 0.29) is 6.10 Å². The Kier molecular flexibility index (Phi) is 3.71. The van der Waals surface area contributed by atoms with E-state index in [4.69, 9.17) is 21.2 Å². The van der Waals surface area contributed by atoms with E-state index >= 15 is 0 Å². The quantitative estimate of drug-likeness (QED) is 0.803. The van der Waals surface area contributed by atoms with E-state index in [0.717, 1.165) is 27.9 Å². The fourth-order valence-corrected chi connectivity index (χ4v) is 2.23. The number of hydrogen-bond donors (Lipinski definition) is 0. The number of oxime groups is 1. The van der Waals surface area contributed by atoms with Gasteiger partial charge in [-0.25, -0.2) is 0 Å². The molecule has 86 valence electrons. The third-order valence-electron chi connectivity index (χ3n) is 2.39. The molecule has 0 fully saturated rings. The van der Waals surface area contributed by atoms with Crippen LogP contribution in [0.15, 0.2) is 27.8 Å². The minimum atomic E-state index is -0.00227. The van der Waals surface area contributed by atoms with Gasteiger partial charge in [0.15, 0.2) is 0 Å². The molecule has 3 nitrogen and oxygen atoms in total. The van der Waals surface area contributed by atoms with Gasteiger partial charge in [0.1, 0.15) is 11.9 Å². The average molecular weight is 305 g/mol. The van der Waals surface area contributed by atoms with Gasteiger partial charge in [-0.2, -0.15) is 0 Å². The summed E-state index contributed by atoms with van der Waals surface area (Å²) in [5.74, 6) is 1.27. The Morgan fingerprint density at radius 1 is 1.62 bits per heavy atom. The lowest BCUT2D eigenvalue weighted by molar-refractivity contribution is 0.102. The maximum Gasteiger partial charge on any atom is 0.146 e. The molecular formula is C11H11BrClNO2. The van der Waals surface area contributed by atoms with Crippen molar-refractivity contribution in [3.8, 4) is 5.75 Å². The van der Waals surface area contributed by atoms with Gasteiger partial charge < -0.3 is 9.57 Å². The molecule has 0 aromatic heterocycles. The summed E-state index contributed by atoms with van der Waals surface area (Å²) in [6.45, 7) is 0. The molecule has 1 unspecified atom stereocenters. The second kappa shape index (κ2) is 5.06. The van der Waals surface area contributed by atoms with Gasteiger partial charge in [0.05, 0.1) is 23.2 Å². The summed E-state index contributed by atoms with van der Waals surface area (Å²) in [7, 11) is 1.64. The SMILES string of the molecule is COc1ccc(C2=NOC(CCl)C2)cc1Br. The van der Waals surface area contributed by atoms with Gasteiger partial charge in [-0.15, -0.1) is 11.6 Å². The maximum atomic E-state index is 5.71. The largest absolute Gasteiger partial charge is 0.496 e. The molecule has 0 spiro atoms. The number of rotatable bonds is 3. The average Bonchev–Trinajstić information content (AvgIpc) is 2.77. The summed E-state index contributed by atoms with van der Waals surface area (Å²) < 4.78 is 6.07. The molecule has 16 heavy (non-hydrogen) atoms. The number of hydrogen-bond acceptors (Lipinski definition) is 3. The summed E-state index contributed by atoms with van der Waals surface area (Å²) in [6, 6.07) is 5.83. The highest BCUT2D eigenvalue weighted by Gasteiger charge is 2.21. The van der Waals surface area contributed by atoms with Crippen molar-refractivity contribution in [2.75, 3.05) is 13.0 Å². The Bertz CT molecular complexity index is 422. The molecule has 0 radical (unpaired) electrons. The van der Waals surface area contributed by atoms with Crippen LogP contribution in [0, 0.1) is 0 Å². The Hall–Kier alpha value is -0.740. The smallest absolute Gasteiger partial charge is 0.146 e. The normalized spacial score (nSPS) is 19.2. The standard InChI is InChI=1S/C11H11BrClNO2/c1-15-11-3-2-7(4-9(11)12)10-5-8(6-13)16-14-10/h2-4,8H,5-6H2,1H3. The van der Waals surface area contributed by atoms with Gasteiger partial charge in [0.2, 0.25) is 0 Å². The van der Waals surface area contributed by atoms with E-state index < -0.39 is 0 Å². The van der Waals surface area contributed by atoms with Gasteiger partial charge in [0, 0.05) is 12.0 Å². The molecule has 0 bridgehead atoms. The van der Waals surface area contributed by atoms with Crippen molar-refractivity contribution in [2.24, 2.45) is 5.16 Å². The first-order valence-corrected chi connectivity index (χ1v) is 6.20. The predicted molar refractivity (Wildman–Crippen MR) is 67.4 cm³/mol.